The molecule has 0 saturated carbocycles. The number of pyridine rings is 1. The van der Waals surface area contributed by atoms with Gasteiger partial charge in [-0.2, -0.15) is 4.98 Å². The van der Waals surface area contributed by atoms with Crippen molar-refractivity contribution < 1.29 is 9.53 Å². The predicted molar refractivity (Wildman–Crippen MR) is 77.4 cm³/mol. The molecule has 8 heteroatoms. The molecule has 3 rings (SSSR count). The maximum atomic E-state index is 12.0. The van der Waals surface area contributed by atoms with Crippen LogP contribution >= 0.6 is 0 Å². The van der Waals surface area contributed by atoms with Gasteiger partial charge in [-0.1, -0.05) is 0 Å². The van der Waals surface area contributed by atoms with Crippen molar-refractivity contribution in [2.45, 2.75) is 13.0 Å². The first-order chi connectivity index (χ1) is 10.7. The van der Waals surface area contributed by atoms with Crippen molar-refractivity contribution in [2.75, 3.05) is 6.54 Å². The predicted octanol–water partition coefficient (Wildman–Crippen LogP) is 0.717. The number of carbonyl (C=O) groups excluding carboxylic acids is 1. The van der Waals surface area contributed by atoms with Gasteiger partial charge in [-0.05, 0) is 25.1 Å². The van der Waals surface area contributed by atoms with Crippen molar-refractivity contribution in [3.63, 3.8) is 0 Å². The Hall–Kier alpha value is -3.03. The monoisotopic (exact) mass is 298 g/mol. The van der Waals surface area contributed by atoms with E-state index in [1.807, 2.05) is 6.92 Å². The molecule has 0 aromatic carbocycles. The van der Waals surface area contributed by atoms with Crippen LogP contribution in [0.4, 0.5) is 0 Å². The van der Waals surface area contributed by atoms with Gasteiger partial charge in [0.2, 0.25) is 5.82 Å². The van der Waals surface area contributed by atoms with Crippen molar-refractivity contribution in [1.29, 1.82) is 0 Å². The van der Waals surface area contributed by atoms with E-state index in [9.17, 15) is 4.79 Å². The smallest absolute Gasteiger partial charge is 0.291 e. The quantitative estimate of drug-likeness (QED) is 0.745. The summed E-state index contributed by atoms with van der Waals surface area (Å²) >= 11 is 0. The molecule has 1 amide bonds. The number of fused-ring (bicyclic) bond motifs is 1. The Morgan fingerprint density at radius 2 is 2.32 bits per heavy atom. The van der Waals surface area contributed by atoms with Crippen molar-refractivity contribution in [2.24, 2.45) is 0 Å². The number of nitrogens with zero attached hydrogens (tertiary/aromatic N) is 5. The van der Waals surface area contributed by atoms with E-state index in [0.717, 1.165) is 0 Å². The van der Waals surface area contributed by atoms with Crippen molar-refractivity contribution in [3.8, 4) is 5.75 Å². The SMILES string of the molecule is C[C@@H](CNC(=O)c1nc2ncccn2n1)Oc1cccnc1. The summed E-state index contributed by atoms with van der Waals surface area (Å²) in [4.78, 5) is 24.1. The zero-order chi connectivity index (χ0) is 15.4. The van der Waals surface area contributed by atoms with Gasteiger partial charge in [0.1, 0.15) is 11.9 Å². The molecule has 8 nitrogen and oxygen atoms in total. The zero-order valence-corrected chi connectivity index (χ0v) is 11.9. The van der Waals surface area contributed by atoms with Crippen LogP contribution in [0.2, 0.25) is 0 Å². The van der Waals surface area contributed by atoms with Crippen LogP contribution in [0.3, 0.4) is 0 Å². The molecule has 0 aliphatic carbocycles. The van der Waals surface area contributed by atoms with Crippen LogP contribution in [0.5, 0.6) is 5.75 Å². The Morgan fingerprint density at radius 1 is 1.41 bits per heavy atom. The third-order valence-corrected chi connectivity index (χ3v) is 2.84. The van der Waals surface area contributed by atoms with Crippen LogP contribution in [-0.2, 0) is 0 Å². The highest BCUT2D eigenvalue weighted by Gasteiger charge is 2.14. The van der Waals surface area contributed by atoms with Gasteiger partial charge in [0, 0.05) is 18.6 Å². The molecular formula is C14H14N6O2. The maximum absolute atomic E-state index is 12.0. The van der Waals surface area contributed by atoms with Crippen LogP contribution in [0, 0.1) is 0 Å². The number of aromatic nitrogens is 5. The fourth-order valence-corrected chi connectivity index (χ4v) is 1.84. The van der Waals surface area contributed by atoms with Crippen LogP contribution in [0.25, 0.3) is 5.78 Å². The van der Waals surface area contributed by atoms with Gasteiger partial charge in [0.15, 0.2) is 0 Å². The van der Waals surface area contributed by atoms with E-state index in [0.29, 0.717) is 18.1 Å². The van der Waals surface area contributed by atoms with Gasteiger partial charge < -0.3 is 10.1 Å². The van der Waals surface area contributed by atoms with Crippen molar-refractivity contribution >= 4 is 11.7 Å². The Morgan fingerprint density at radius 3 is 3.09 bits per heavy atom. The highest BCUT2D eigenvalue weighted by molar-refractivity contribution is 5.90. The number of hydrogen-bond donors (Lipinski definition) is 1. The summed E-state index contributed by atoms with van der Waals surface area (Å²) in [6.45, 7) is 2.18. The highest BCUT2D eigenvalue weighted by atomic mass is 16.5. The van der Waals surface area contributed by atoms with Crippen LogP contribution in [0.1, 0.15) is 17.5 Å². The summed E-state index contributed by atoms with van der Waals surface area (Å²) < 4.78 is 7.07. The first-order valence-electron chi connectivity index (χ1n) is 6.74. The lowest BCUT2D eigenvalue weighted by Gasteiger charge is -2.14. The van der Waals surface area contributed by atoms with E-state index in [2.05, 4.69) is 25.4 Å². The fourth-order valence-electron chi connectivity index (χ4n) is 1.84. The molecule has 0 spiro atoms. The summed E-state index contributed by atoms with van der Waals surface area (Å²) in [5, 5.41) is 6.78. The molecule has 0 bridgehead atoms. The molecule has 1 N–H and O–H groups in total. The van der Waals surface area contributed by atoms with Crippen LogP contribution < -0.4 is 10.1 Å². The summed E-state index contributed by atoms with van der Waals surface area (Å²) in [5.74, 6) is 0.742. The summed E-state index contributed by atoms with van der Waals surface area (Å²) in [7, 11) is 0. The van der Waals surface area contributed by atoms with E-state index >= 15 is 0 Å². The molecule has 0 aliphatic heterocycles. The average molecular weight is 298 g/mol. The molecule has 0 aliphatic rings. The first-order valence-corrected chi connectivity index (χ1v) is 6.74. The molecule has 3 heterocycles. The molecule has 0 fully saturated rings. The molecule has 0 radical (unpaired) electrons. The van der Waals surface area contributed by atoms with Gasteiger partial charge in [-0.25, -0.2) is 9.50 Å². The summed E-state index contributed by atoms with van der Waals surface area (Å²) in [6, 6.07) is 5.31. The minimum Gasteiger partial charge on any atom is -0.487 e. The Labute approximate surface area is 126 Å². The van der Waals surface area contributed by atoms with Crippen LogP contribution in [0.15, 0.2) is 43.0 Å². The Kier molecular flexibility index (Phi) is 3.90. The van der Waals surface area contributed by atoms with E-state index < -0.39 is 0 Å². The van der Waals surface area contributed by atoms with Gasteiger partial charge in [-0.15, -0.1) is 5.10 Å². The normalized spacial score (nSPS) is 12.0. The van der Waals surface area contributed by atoms with E-state index in [1.54, 1.807) is 43.0 Å². The lowest BCUT2D eigenvalue weighted by atomic mass is 10.3. The Balaban J connectivity index is 1.57. The minimum absolute atomic E-state index is 0.0762. The minimum atomic E-state index is -0.368. The van der Waals surface area contributed by atoms with Gasteiger partial charge in [0.05, 0.1) is 12.7 Å². The summed E-state index contributed by atoms with van der Waals surface area (Å²) in [6.07, 6.45) is 6.36. The van der Waals surface area contributed by atoms with Crippen LogP contribution in [-0.4, -0.2) is 43.1 Å². The number of carbonyl (C=O) groups is 1. The molecule has 0 saturated heterocycles. The largest absolute Gasteiger partial charge is 0.487 e. The second kappa shape index (κ2) is 6.17. The Bertz CT molecular complexity index is 740. The number of amides is 1. The van der Waals surface area contributed by atoms with Crippen molar-refractivity contribution in [1.82, 2.24) is 29.9 Å². The molecule has 22 heavy (non-hydrogen) atoms. The second-order valence-electron chi connectivity index (χ2n) is 4.63. The molecular weight excluding hydrogens is 284 g/mol. The third-order valence-electron chi connectivity index (χ3n) is 2.84. The number of nitrogens with one attached hydrogen (secondary N) is 1. The maximum Gasteiger partial charge on any atom is 0.291 e. The molecule has 3 aromatic rings. The number of ether oxygens (including phenoxy) is 1. The van der Waals surface area contributed by atoms with E-state index in [-0.39, 0.29) is 17.8 Å². The zero-order valence-electron chi connectivity index (χ0n) is 11.9. The fraction of sp³-hybridized carbons (Fsp3) is 0.214. The van der Waals surface area contributed by atoms with Gasteiger partial charge in [-0.3, -0.25) is 9.78 Å². The average Bonchev–Trinajstić information content (AvgIpc) is 2.98. The van der Waals surface area contributed by atoms with E-state index in [4.69, 9.17) is 4.74 Å². The second-order valence-corrected chi connectivity index (χ2v) is 4.63. The summed E-state index contributed by atoms with van der Waals surface area (Å²) in [5.41, 5.74) is 0. The standard InChI is InChI=1S/C14H14N6O2/c1-10(22-11-4-2-5-15-9-11)8-17-13(21)12-18-14-16-6-3-7-20(14)19-12/h2-7,9-10H,8H2,1H3,(H,17,21)/t10-/m0/s1. The first kappa shape index (κ1) is 13.9. The van der Waals surface area contributed by atoms with Gasteiger partial charge >= 0.3 is 0 Å². The number of rotatable bonds is 5. The molecule has 0 unspecified atom stereocenters. The van der Waals surface area contributed by atoms with E-state index in [1.165, 1.54) is 4.52 Å². The third kappa shape index (κ3) is 3.17. The molecule has 1 atom stereocenters. The molecule has 112 valence electrons. The topological polar surface area (TPSA) is 94.3 Å². The van der Waals surface area contributed by atoms with Gasteiger partial charge in [0.25, 0.3) is 11.7 Å². The van der Waals surface area contributed by atoms with Crippen molar-refractivity contribution in [3.05, 3.63) is 48.8 Å². The molecule has 3 aromatic heterocycles. The highest BCUT2D eigenvalue weighted by Crippen LogP contribution is 2.08. The lowest BCUT2D eigenvalue weighted by Crippen LogP contribution is -2.34. The number of hydrogen-bond acceptors (Lipinski definition) is 6. The lowest BCUT2D eigenvalue weighted by molar-refractivity contribution is 0.0922.